The highest BCUT2D eigenvalue weighted by Crippen LogP contribution is 2.15. The van der Waals surface area contributed by atoms with Gasteiger partial charge in [0.05, 0.1) is 11.7 Å². The number of hydrogen-bond donors (Lipinski definition) is 2. The molecule has 0 saturated carbocycles. The third-order valence-corrected chi connectivity index (χ3v) is 3.02. The third-order valence-electron chi connectivity index (χ3n) is 3.02. The van der Waals surface area contributed by atoms with Crippen molar-refractivity contribution in [2.24, 2.45) is 0 Å². The van der Waals surface area contributed by atoms with E-state index in [1.165, 1.54) is 0 Å². The quantitative estimate of drug-likeness (QED) is 0.850. The summed E-state index contributed by atoms with van der Waals surface area (Å²) in [6.07, 6.45) is 0. The van der Waals surface area contributed by atoms with Crippen molar-refractivity contribution in [1.29, 1.82) is 0 Å². The van der Waals surface area contributed by atoms with E-state index >= 15 is 0 Å². The lowest BCUT2D eigenvalue weighted by atomic mass is 10.1. The number of aromatic nitrogens is 6. The van der Waals surface area contributed by atoms with E-state index in [1.54, 1.807) is 11.6 Å². The van der Waals surface area contributed by atoms with Gasteiger partial charge in [0.2, 0.25) is 0 Å². The number of aryl methyl sites for hydroxylation is 1. The maximum Gasteiger partial charge on any atom is 0.270 e. The molecular weight excluding hydrogens is 258 g/mol. The highest BCUT2D eigenvalue weighted by atomic mass is 16.2. The van der Waals surface area contributed by atoms with Gasteiger partial charge in [0.1, 0.15) is 5.69 Å². The summed E-state index contributed by atoms with van der Waals surface area (Å²) in [5.74, 6) is 0.539. The van der Waals surface area contributed by atoms with Gasteiger partial charge in [0, 0.05) is 6.54 Å². The minimum absolute atomic E-state index is 0.191. The van der Waals surface area contributed by atoms with E-state index in [0.29, 0.717) is 18.1 Å². The molecule has 8 nitrogen and oxygen atoms in total. The van der Waals surface area contributed by atoms with E-state index in [-0.39, 0.29) is 17.9 Å². The number of aromatic amines is 1. The summed E-state index contributed by atoms with van der Waals surface area (Å²) in [5, 5.41) is 20.8. The van der Waals surface area contributed by atoms with Crippen LogP contribution in [-0.2, 0) is 6.54 Å². The summed E-state index contributed by atoms with van der Waals surface area (Å²) >= 11 is 0. The van der Waals surface area contributed by atoms with Crippen LogP contribution >= 0.6 is 0 Å². The van der Waals surface area contributed by atoms with Crippen LogP contribution in [0.3, 0.4) is 0 Å². The molecule has 1 atom stereocenters. The molecule has 0 aliphatic heterocycles. The zero-order valence-corrected chi connectivity index (χ0v) is 12.1. The summed E-state index contributed by atoms with van der Waals surface area (Å²) in [4.78, 5) is 12.3. The van der Waals surface area contributed by atoms with Crippen molar-refractivity contribution < 1.29 is 4.79 Å². The van der Waals surface area contributed by atoms with Crippen LogP contribution in [0.15, 0.2) is 6.07 Å². The second-order valence-electron chi connectivity index (χ2n) is 4.89. The van der Waals surface area contributed by atoms with Gasteiger partial charge >= 0.3 is 0 Å². The van der Waals surface area contributed by atoms with E-state index in [2.05, 4.69) is 31.0 Å². The molecule has 20 heavy (non-hydrogen) atoms. The lowest BCUT2D eigenvalue weighted by Crippen LogP contribution is -2.29. The first-order valence-electron chi connectivity index (χ1n) is 6.64. The van der Waals surface area contributed by atoms with E-state index in [4.69, 9.17) is 0 Å². The molecule has 0 saturated heterocycles. The van der Waals surface area contributed by atoms with Crippen LogP contribution in [0.25, 0.3) is 0 Å². The molecule has 2 aromatic heterocycles. The van der Waals surface area contributed by atoms with Crippen LogP contribution in [0.4, 0.5) is 0 Å². The van der Waals surface area contributed by atoms with Gasteiger partial charge in [-0.15, -0.1) is 10.2 Å². The van der Waals surface area contributed by atoms with Gasteiger partial charge in [-0.1, -0.05) is 19.1 Å². The summed E-state index contributed by atoms with van der Waals surface area (Å²) in [7, 11) is 0. The molecule has 108 valence electrons. The largest absolute Gasteiger partial charge is 0.341 e. The van der Waals surface area contributed by atoms with Crippen molar-refractivity contribution in [3.63, 3.8) is 0 Å². The molecule has 8 heteroatoms. The Hall–Kier alpha value is -2.25. The molecular formula is C12H19N7O. The lowest BCUT2D eigenvalue weighted by Gasteiger charge is -2.10. The SMILES string of the molecule is CCn1nc(C(C)C)cc1C(=O)NC(C)c1nn[nH]n1. The average Bonchev–Trinajstić information content (AvgIpc) is 3.07. The normalized spacial score (nSPS) is 12.7. The van der Waals surface area contributed by atoms with Crippen LogP contribution in [0.5, 0.6) is 0 Å². The maximum absolute atomic E-state index is 12.3. The summed E-state index contributed by atoms with van der Waals surface area (Å²) in [5.41, 5.74) is 1.45. The van der Waals surface area contributed by atoms with Crippen molar-refractivity contribution in [2.45, 2.75) is 46.2 Å². The smallest absolute Gasteiger partial charge is 0.270 e. The topological polar surface area (TPSA) is 101 Å². The Morgan fingerprint density at radius 3 is 2.75 bits per heavy atom. The van der Waals surface area contributed by atoms with Crippen LogP contribution in [0, 0.1) is 0 Å². The molecule has 2 aromatic rings. The van der Waals surface area contributed by atoms with Crippen molar-refractivity contribution in [3.05, 3.63) is 23.3 Å². The lowest BCUT2D eigenvalue weighted by molar-refractivity contribution is 0.0927. The van der Waals surface area contributed by atoms with Gasteiger partial charge in [0.15, 0.2) is 5.82 Å². The van der Waals surface area contributed by atoms with Gasteiger partial charge < -0.3 is 5.32 Å². The molecule has 2 N–H and O–H groups in total. The second kappa shape index (κ2) is 5.81. The first-order chi connectivity index (χ1) is 9.52. The minimum atomic E-state index is -0.316. The zero-order chi connectivity index (χ0) is 14.7. The molecule has 0 aliphatic rings. The number of carbonyl (C=O) groups excluding carboxylic acids is 1. The van der Waals surface area contributed by atoms with Crippen molar-refractivity contribution in [2.75, 3.05) is 0 Å². The predicted octanol–water partition coefficient (Wildman–Crippen LogP) is 1.03. The second-order valence-corrected chi connectivity index (χ2v) is 4.89. The Kier molecular flexibility index (Phi) is 4.11. The highest BCUT2D eigenvalue weighted by molar-refractivity contribution is 5.92. The van der Waals surface area contributed by atoms with Gasteiger partial charge in [-0.3, -0.25) is 9.48 Å². The Balaban J connectivity index is 2.16. The van der Waals surface area contributed by atoms with Crippen molar-refractivity contribution in [3.8, 4) is 0 Å². The first-order valence-corrected chi connectivity index (χ1v) is 6.64. The molecule has 1 unspecified atom stereocenters. The fraction of sp³-hybridized carbons (Fsp3) is 0.583. The van der Waals surface area contributed by atoms with E-state index < -0.39 is 0 Å². The number of carbonyl (C=O) groups is 1. The number of nitrogens with one attached hydrogen (secondary N) is 2. The summed E-state index contributed by atoms with van der Waals surface area (Å²) in [6, 6.07) is 1.51. The molecule has 2 heterocycles. The molecule has 0 radical (unpaired) electrons. The molecule has 2 rings (SSSR count). The van der Waals surface area contributed by atoms with Crippen molar-refractivity contribution >= 4 is 5.91 Å². The predicted molar refractivity (Wildman–Crippen MR) is 72.0 cm³/mol. The monoisotopic (exact) mass is 277 g/mol. The number of nitrogens with zero attached hydrogens (tertiary/aromatic N) is 5. The molecule has 0 spiro atoms. The molecule has 0 fully saturated rings. The fourth-order valence-electron chi connectivity index (χ4n) is 1.83. The zero-order valence-electron chi connectivity index (χ0n) is 12.1. The Bertz CT molecular complexity index is 573. The summed E-state index contributed by atoms with van der Waals surface area (Å²) in [6.45, 7) is 8.50. The Labute approximate surface area is 117 Å². The number of rotatable bonds is 5. The van der Waals surface area contributed by atoms with Gasteiger partial charge in [0.25, 0.3) is 5.91 Å². The van der Waals surface area contributed by atoms with E-state index in [1.807, 2.05) is 26.8 Å². The summed E-state index contributed by atoms with van der Waals surface area (Å²) < 4.78 is 1.70. The Morgan fingerprint density at radius 2 is 2.20 bits per heavy atom. The van der Waals surface area contributed by atoms with Gasteiger partial charge in [-0.2, -0.15) is 10.3 Å². The highest BCUT2D eigenvalue weighted by Gasteiger charge is 2.19. The third kappa shape index (κ3) is 2.84. The molecule has 1 amide bonds. The van der Waals surface area contributed by atoms with Crippen LogP contribution in [0.2, 0.25) is 0 Å². The molecule has 0 bridgehead atoms. The fourth-order valence-corrected chi connectivity index (χ4v) is 1.83. The van der Waals surface area contributed by atoms with E-state index in [0.717, 1.165) is 5.69 Å². The van der Waals surface area contributed by atoms with Gasteiger partial charge in [-0.25, -0.2) is 0 Å². The number of amides is 1. The van der Waals surface area contributed by atoms with Crippen LogP contribution < -0.4 is 5.32 Å². The van der Waals surface area contributed by atoms with Crippen LogP contribution in [-0.4, -0.2) is 36.3 Å². The van der Waals surface area contributed by atoms with E-state index in [9.17, 15) is 4.79 Å². The van der Waals surface area contributed by atoms with Crippen molar-refractivity contribution in [1.82, 2.24) is 35.7 Å². The Morgan fingerprint density at radius 1 is 1.45 bits per heavy atom. The molecule has 0 aromatic carbocycles. The molecule has 0 aliphatic carbocycles. The minimum Gasteiger partial charge on any atom is -0.341 e. The standard InChI is InChI=1S/C12H19N7O/c1-5-19-10(6-9(16-19)7(2)3)12(20)13-8(4)11-14-17-18-15-11/h6-8H,5H2,1-4H3,(H,13,20)(H,14,15,17,18). The number of hydrogen-bond acceptors (Lipinski definition) is 5. The maximum atomic E-state index is 12.3. The average molecular weight is 277 g/mol. The first kappa shape index (κ1) is 14.2. The van der Waals surface area contributed by atoms with Gasteiger partial charge in [-0.05, 0) is 25.8 Å². The number of tetrazole rings is 1. The van der Waals surface area contributed by atoms with Crippen LogP contribution in [0.1, 0.15) is 61.7 Å². The number of H-pyrrole nitrogens is 1.